The third-order valence-corrected chi connectivity index (χ3v) is 3.75. The van der Waals surface area contributed by atoms with Crippen molar-refractivity contribution in [3.05, 3.63) is 46.4 Å². The summed E-state index contributed by atoms with van der Waals surface area (Å²) < 4.78 is 1.56. The summed E-state index contributed by atoms with van der Waals surface area (Å²) in [4.78, 5) is 18.7. The molecule has 118 valence electrons. The number of aromatic nitrogens is 3. The predicted octanol–water partition coefficient (Wildman–Crippen LogP) is 0.838. The van der Waals surface area contributed by atoms with Crippen LogP contribution in [0.25, 0.3) is 0 Å². The van der Waals surface area contributed by atoms with Crippen LogP contribution in [0.1, 0.15) is 5.56 Å². The van der Waals surface area contributed by atoms with Crippen molar-refractivity contribution in [2.45, 2.75) is 6.67 Å². The fourth-order valence-electron chi connectivity index (χ4n) is 2.57. The van der Waals surface area contributed by atoms with Crippen LogP contribution in [0.3, 0.4) is 0 Å². The minimum atomic E-state index is -0.452. The Morgan fingerprint density at radius 1 is 1.35 bits per heavy atom. The average molecular weight is 313 g/mol. The molecule has 23 heavy (non-hydrogen) atoms. The molecule has 0 spiro atoms. The number of nitro groups is 1. The van der Waals surface area contributed by atoms with Crippen LogP contribution in [-0.2, 0) is 6.67 Å². The molecule has 0 saturated carbocycles. The first kappa shape index (κ1) is 14.9. The van der Waals surface area contributed by atoms with E-state index in [-0.39, 0.29) is 5.69 Å². The monoisotopic (exact) mass is 313 g/mol. The van der Waals surface area contributed by atoms with Crippen molar-refractivity contribution >= 4 is 11.5 Å². The molecule has 2 aromatic heterocycles. The molecule has 0 bridgehead atoms. The number of hydrogen-bond acceptors (Lipinski definition) is 7. The molecule has 1 fully saturated rings. The lowest BCUT2D eigenvalue weighted by atomic mass is 10.2. The number of piperazine rings is 1. The zero-order valence-corrected chi connectivity index (χ0v) is 12.4. The van der Waals surface area contributed by atoms with Crippen LogP contribution in [0, 0.1) is 21.4 Å². The van der Waals surface area contributed by atoms with Gasteiger partial charge in [0.15, 0.2) is 0 Å². The first-order chi connectivity index (χ1) is 11.2. The second kappa shape index (κ2) is 6.41. The Balaban J connectivity index is 1.60. The molecule has 0 unspecified atom stereocenters. The SMILES string of the molecule is N#Cc1cccnc1N1CCN(Cn2cc([N+](=O)[O-])cn2)CC1. The van der Waals surface area contributed by atoms with Crippen molar-refractivity contribution in [2.24, 2.45) is 0 Å². The van der Waals surface area contributed by atoms with Gasteiger partial charge in [-0.15, -0.1) is 0 Å². The second-order valence-corrected chi connectivity index (χ2v) is 5.23. The number of pyridine rings is 1. The Morgan fingerprint density at radius 3 is 2.78 bits per heavy atom. The molecule has 0 radical (unpaired) electrons. The summed E-state index contributed by atoms with van der Waals surface area (Å²) in [5.41, 5.74) is 0.569. The van der Waals surface area contributed by atoms with Gasteiger partial charge in [-0.05, 0) is 12.1 Å². The highest BCUT2D eigenvalue weighted by molar-refractivity contribution is 5.53. The fraction of sp³-hybridized carbons (Fsp3) is 0.357. The van der Waals surface area contributed by atoms with Gasteiger partial charge in [0.1, 0.15) is 24.3 Å². The summed E-state index contributed by atoms with van der Waals surface area (Å²) in [5.74, 6) is 0.712. The molecule has 0 amide bonds. The van der Waals surface area contributed by atoms with Crippen LogP contribution in [-0.4, -0.2) is 50.8 Å². The summed E-state index contributed by atoms with van der Waals surface area (Å²) in [6.45, 7) is 3.54. The number of nitrogens with zero attached hydrogens (tertiary/aromatic N) is 7. The third-order valence-electron chi connectivity index (χ3n) is 3.75. The summed E-state index contributed by atoms with van der Waals surface area (Å²) in [5, 5.41) is 23.8. The summed E-state index contributed by atoms with van der Waals surface area (Å²) in [6, 6.07) is 5.68. The van der Waals surface area contributed by atoms with E-state index in [0.717, 1.165) is 26.2 Å². The van der Waals surface area contributed by atoms with Gasteiger partial charge in [-0.2, -0.15) is 10.4 Å². The van der Waals surface area contributed by atoms with E-state index >= 15 is 0 Å². The van der Waals surface area contributed by atoms with Crippen molar-refractivity contribution in [3.63, 3.8) is 0 Å². The topological polar surface area (TPSA) is 104 Å². The van der Waals surface area contributed by atoms with E-state index in [1.807, 2.05) is 0 Å². The zero-order chi connectivity index (χ0) is 16.2. The van der Waals surface area contributed by atoms with E-state index in [0.29, 0.717) is 18.1 Å². The third kappa shape index (κ3) is 3.27. The largest absolute Gasteiger partial charge is 0.353 e. The predicted molar refractivity (Wildman–Crippen MR) is 81.6 cm³/mol. The van der Waals surface area contributed by atoms with E-state index in [2.05, 4.69) is 26.0 Å². The van der Waals surface area contributed by atoms with Gasteiger partial charge in [0, 0.05) is 32.4 Å². The maximum Gasteiger partial charge on any atom is 0.307 e. The lowest BCUT2D eigenvalue weighted by molar-refractivity contribution is -0.385. The number of rotatable bonds is 4. The van der Waals surface area contributed by atoms with Crippen LogP contribution in [0.15, 0.2) is 30.7 Å². The molecule has 0 N–H and O–H groups in total. The van der Waals surface area contributed by atoms with Crippen molar-refractivity contribution < 1.29 is 4.92 Å². The lowest BCUT2D eigenvalue weighted by Crippen LogP contribution is -2.47. The van der Waals surface area contributed by atoms with E-state index in [9.17, 15) is 10.1 Å². The van der Waals surface area contributed by atoms with Gasteiger partial charge in [-0.3, -0.25) is 19.7 Å². The normalized spacial score (nSPS) is 15.3. The minimum absolute atomic E-state index is 0.00390. The Labute approximate surface area is 132 Å². The summed E-state index contributed by atoms with van der Waals surface area (Å²) in [7, 11) is 0. The highest BCUT2D eigenvalue weighted by Gasteiger charge is 2.21. The maximum atomic E-state index is 10.7. The summed E-state index contributed by atoms with van der Waals surface area (Å²) in [6.07, 6.45) is 4.37. The van der Waals surface area contributed by atoms with Crippen molar-refractivity contribution in [1.82, 2.24) is 19.7 Å². The van der Waals surface area contributed by atoms with Gasteiger partial charge in [-0.1, -0.05) is 0 Å². The van der Waals surface area contributed by atoms with E-state index < -0.39 is 4.92 Å². The number of nitriles is 1. The van der Waals surface area contributed by atoms with E-state index in [1.54, 1.807) is 23.0 Å². The van der Waals surface area contributed by atoms with Crippen LogP contribution in [0.5, 0.6) is 0 Å². The van der Waals surface area contributed by atoms with E-state index in [1.165, 1.54) is 12.4 Å². The molecule has 2 aromatic rings. The molecule has 0 aromatic carbocycles. The highest BCUT2D eigenvalue weighted by Crippen LogP contribution is 2.18. The molecule has 9 heteroatoms. The Morgan fingerprint density at radius 2 is 2.13 bits per heavy atom. The van der Waals surface area contributed by atoms with Gasteiger partial charge in [0.05, 0.1) is 17.2 Å². The Kier molecular flexibility index (Phi) is 4.16. The van der Waals surface area contributed by atoms with Crippen molar-refractivity contribution in [3.8, 4) is 6.07 Å². The molecule has 3 heterocycles. The molecule has 1 aliphatic rings. The van der Waals surface area contributed by atoms with Gasteiger partial charge in [0.25, 0.3) is 0 Å². The second-order valence-electron chi connectivity index (χ2n) is 5.23. The van der Waals surface area contributed by atoms with Crippen LogP contribution < -0.4 is 4.90 Å². The van der Waals surface area contributed by atoms with Gasteiger partial charge in [0.2, 0.25) is 0 Å². The van der Waals surface area contributed by atoms with Gasteiger partial charge < -0.3 is 4.90 Å². The fourth-order valence-corrected chi connectivity index (χ4v) is 2.57. The standard InChI is InChI=1S/C14H15N7O2/c15-8-12-2-1-3-16-14(12)19-6-4-18(5-7-19)11-20-10-13(9-17-20)21(22)23/h1-3,9-10H,4-7,11H2. The van der Waals surface area contributed by atoms with Crippen LogP contribution >= 0.6 is 0 Å². The van der Waals surface area contributed by atoms with Gasteiger partial charge in [-0.25, -0.2) is 4.98 Å². The number of hydrogen-bond donors (Lipinski definition) is 0. The lowest BCUT2D eigenvalue weighted by Gasteiger charge is -2.35. The zero-order valence-electron chi connectivity index (χ0n) is 12.4. The first-order valence-corrected chi connectivity index (χ1v) is 7.16. The van der Waals surface area contributed by atoms with Gasteiger partial charge >= 0.3 is 5.69 Å². The Bertz CT molecular complexity index is 744. The number of anilines is 1. The van der Waals surface area contributed by atoms with Crippen molar-refractivity contribution in [2.75, 3.05) is 31.1 Å². The highest BCUT2D eigenvalue weighted by atomic mass is 16.6. The molecule has 1 saturated heterocycles. The van der Waals surface area contributed by atoms with Crippen LogP contribution in [0.4, 0.5) is 11.5 Å². The minimum Gasteiger partial charge on any atom is -0.353 e. The average Bonchev–Trinajstić information content (AvgIpc) is 3.04. The smallest absolute Gasteiger partial charge is 0.307 e. The molecule has 1 aliphatic heterocycles. The molecule has 0 aliphatic carbocycles. The molecular weight excluding hydrogens is 298 g/mol. The quantitative estimate of drug-likeness (QED) is 0.608. The Hall–Kier alpha value is -2.99. The molecule has 3 rings (SSSR count). The molecule has 0 atom stereocenters. The van der Waals surface area contributed by atoms with Crippen LogP contribution in [0.2, 0.25) is 0 Å². The first-order valence-electron chi connectivity index (χ1n) is 7.16. The maximum absolute atomic E-state index is 10.7. The van der Waals surface area contributed by atoms with E-state index in [4.69, 9.17) is 5.26 Å². The molecular formula is C14H15N7O2. The summed E-state index contributed by atoms with van der Waals surface area (Å²) >= 11 is 0. The molecule has 9 nitrogen and oxygen atoms in total. The van der Waals surface area contributed by atoms with Crippen molar-refractivity contribution in [1.29, 1.82) is 5.26 Å².